The first-order valence-corrected chi connectivity index (χ1v) is 8.64. The van der Waals surface area contributed by atoms with Crippen molar-refractivity contribution in [2.24, 2.45) is 0 Å². The molecule has 1 atom stereocenters. The Morgan fingerprint density at radius 3 is 2.43 bits per heavy atom. The number of alkyl halides is 3. The summed E-state index contributed by atoms with van der Waals surface area (Å²) >= 11 is 0. The van der Waals surface area contributed by atoms with Crippen molar-refractivity contribution in [3.8, 4) is 5.75 Å². The Kier molecular flexibility index (Phi) is 5.58. The number of benzene rings is 2. The van der Waals surface area contributed by atoms with E-state index in [0.29, 0.717) is 29.9 Å². The smallest absolute Gasteiger partial charge is 0.416 e. The fourth-order valence-corrected chi connectivity index (χ4v) is 3.21. The molecule has 0 aromatic heterocycles. The van der Waals surface area contributed by atoms with Gasteiger partial charge < -0.3 is 14.7 Å². The topological polar surface area (TPSA) is 66.8 Å². The summed E-state index contributed by atoms with van der Waals surface area (Å²) in [5.74, 6) is -1.56. The summed E-state index contributed by atoms with van der Waals surface area (Å²) in [6.07, 6.45) is -4.06. The van der Waals surface area contributed by atoms with Crippen molar-refractivity contribution in [3.63, 3.8) is 0 Å². The molecule has 5 nitrogen and oxygen atoms in total. The summed E-state index contributed by atoms with van der Waals surface area (Å²) in [6, 6.07) is 11.4. The van der Waals surface area contributed by atoms with Crippen molar-refractivity contribution in [2.75, 3.05) is 13.2 Å². The second-order valence-electron chi connectivity index (χ2n) is 6.51. The zero-order chi connectivity index (χ0) is 20.3. The molecule has 0 saturated heterocycles. The average molecular weight is 393 g/mol. The second-order valence-corrected chi connectivity index (χ2v) is 6.51. The molecule has 0 radical (unpaired) electrons. The van der Waals surface area contributed by atoms with Crippen LogP contribution < -0.4 is 4.74 Å². The number of carbonyl (C=O) groups excluding carboxylic acids is 1. The number of hydrogen-bond donors (Lipinski definition) is 1. The Balaban J connectivity index is 1.83. The van der Waals surface area contributed by atoms with Gasteiger partial charge in [0.2, 0.25) is 5.91 Å². The molecule has 2 aromatic carbocycles. The molecule has 1 aliphatic rings. The molecule has 1 heterocycles. The lowest BCUT2D eigenvalue weighted by atomic mass is 9.91. The van der Waals surface area contributed by atoms with E-state index < -0.39 is 36.1 Å². The van der Waals surface area contributed by atoms with Crippen LogP contribution in [-0.4, -0.2) is 35.0 Å². The number of carboxylic acid groups (broad SMARTS) is 1. The first-order chi connectivity index (χ1) is 13.3. The van der Waals surface area contributed by atoms with Crippen LogP contribution in [0.25, 0.3) is 0 Å². The zero-order valence-electron chi connectivity index (χ0n) is 14.8. The fourth-order valence-electron chi connectivity index (χ4n) is 3.21. The van der Waals surface area contributed by atoms with Gasteiger partial charge in [-0.1, -0.05) is 30.3 Å². The molecular formula is C20H18F3NO4. The van der Waals surface area contributed by atoms with Gasteiger partial charge in [-0.05, 0) is 30.2 Å². The molecule has 0 fully saturated rings. The maximum atomic E-state index is 13.1. The first kappa shape index (κ1) is 19.7. The maximum Gasteiger partial charge on any atom is 0.416 e. The van der Waals surface area contributed by atoms with Crippen molar-refractivity contribution in [2.45, 2.75) is 25.1 Å². The van der Waals surface area contributed by atoms with Crippen molar-refractivity contribution >= 4 is 11.9 Å². The van der Waals surface area contributed by atoms with E-state index in [0.717, 1.165) is 17.0 Å². The lowest BCUT2D eigenvalue weighted by Gasteiger charge is -2.30. The highest BCUT2D eigenvalue weighted by Gasteiger charge is 2.32. The minimum atomic E-state index is -4.46. The van der Waals surface area contributed by atoms with Gasteiger partial charge in [0.05, 0.1) is 18.1 Å². The largest absolute Gasteiger partial charge is 0.493 e. The molecule has 0 bridgehead atoms. The molecule has 1 aliphatic heterocycles. The Morgan fingerprint density at radius 2 is 1.79 bits per heavy atom. The normalized spacial score (nSPS) is 16.0. The Morgan fingerprint density at radius 1 is 1.11 bits per heavy atom. The monoisotopic (exact) mass is 393 g/mol. The molecule has 0 saturated carbocycles. The van der Waals surface area contributed by atoms with Crippen LogP contribution in [0.15, 0.2) is 48.5 Å². The van der Waals surface area contributed by atoms with Crippen molar-refractivity contribution < 1.29 is 32.6 Å². The number of para-hydroxylation sites is 1. The third kappa shape index (κ3) is 4.44. The van der Waals surface area contributed by atoms with Crippen LogP contribution in [0.1, 0.15) is 29.0 Å². The Labute approximate surface area is 159 Å². The number of nitrogens with zero attached hydrogens (tertiary/aromatic N) is 1. The predicted molar refractivity (Wildman–Crippen MR) is 93.8 cm³/mol. The van der Waals surface area contributed by atoms with E-state index >= 15 is 0 Å². The number of amides is 1. The highest BCUT2D eigenvalue weighted by Crippen LogP contribution is 2.35. The van der Waals surface area contributed by atoms with Crippen molar-refractivity contribution in [1.29, 1.82) is 0 Å². The minimum absolute atomic E-state index is 0.0944. The quantitative estimate of drug-likeness (QED) is 0.842. The van der Waals surface area contributed by atoms with E-state index in [4.69, 9.17) is 4.74 Å². The van der Waals surface area contributed by atoms with Crippen molar-refractivity contribution in [1.82, 2.24) is 4.90 Å². The van der Waals surface area contributed by atoms with E-state index in [-0.39, 0.29) is 6.54 Å². The van der Waals surface area contributed by atoms with E-state index in [1.54, 1.807) is 24.3 Å². The second kappa shape index (κ2) is 7.92. The van der Waals surface area contributed by atoms with Gasteiger partial charge >= 0.3 is 12.1 Å². The Bertz CT molecular complexity index is 864. The van der Waals surface area contributed by atoms with E-state index in [2.05, 4.69) is 0 Å². The van der Waals surface area contributed by atoms with Crippen molar-refractivity contribution in [3.05, 3.63) is 65.2 Å². The Hall–Kier alpha value is -3.03. The van der Waals surface area contributed by atoms with Crippen LogP contribution in [0.5, 0.6) is 5.75 Å². The summed E-state index contributed by atoms with van der Waals surface area (Å²) < 4.78 is 43.7. The van der Waals surface area contributed by atoms with Gasteiger partial charge in [-0.25, -0.2) is 0 Å². The number of hydrogen-bond acceptors (Lipinski definition) is 3. The third-order valence-corrected chi connectivity index (χ3v) is 4.55. The number of halogens is 3. The number of rotatable bonds is 5. The van der Waals surface area contributed by atoms with Gasteiger partial charge in [0.1, 0.15) is 12.3 Å². The summed E-state index contributed by atoms with van der Waals surface area (Å²) in [7, 11) is 0. The number of ether oxygens (including phenoxy) is 1. The maximum absolute atomic E-state index is 13.1. The highest BCUT2D eigenvalue weighted by molar-refractivity contribution is 5.87. The average Bonchev–Trinajstić information content (AvgIpc) is 2.66. The van der Waals surface area contributed by atoms with Crippen LogP contribution in [0.4, 0.5) is 13.2 Å². The fraction of sp³-hybridized carbons (Fsp3) is 0.300. The highest BCUT2D eigenvalue weighted by atomic mass is 19.4. The van der Waals surface area contributed by atoms with Crippen LogP contribution >= 0.6 is 0 Å². The van der Waals surface area contributed by atoms with Crippen LogP contribution in [0.3, 0.4) is 0 Å². The SMILES string of the molecule is O=C(O)CN(Cc1ccc(C(F)(F)F)cc1)C(=O)C1CCOc2ccccc21. The van der Waals surface area contributed by atoms with E-state index in [1.165, 1.54) is 12.1 Å². The molecule has 0 aliphatic carbocycles. The standard InChI is InChI=1S/C20H18F3NO4/c21-20(22,23)14-7-5-13(6-8-14)11-24(12-18(25)26)19(27)16-9-10-28-17-4-2-1-3-15(16)17/h1-8,16H,9-12H2,(H,25,26). The summed E-state index contributed by atoms with van der Waals surface area (Å²) in [5.41, 5.74) is 0.301. The molecule has 3 rings (SSSR count). The third-order valence-electron chi connectivity index (χ3n) is 4.55. The molecule has 1 amide bonds. The summed E-state index contributed by atoms with van der Waals surface area (Å²) in [5, 5.41) is 9.19. The lowest BCUT2D eigenvalue weighted by Crippen LogP contribution is -2.39. The molecule has 148 valence electrons. The van der Waals surface area contributed by atoms with Gasteiger partial charge in [-0.15, -0.1) is 0 Å². The lowest BCUT2D eigenvalue weighted by molar-refractivity contribution is -0.145. The van der Waals surface area contributed by atoms with Gasteiger partial charge in [0.15, 0.2) is 0 Å². The van der Waals surface area contributed by atoms with Crippen LogP contribution in [0, 0.1) is 0 Å². The number of carbonyl (C=O) groups is 2. The van der Waals surface area contributed by atoms with Gasteiger partial charge in [0.25, 0.3) is 0 Å². The van der Waals surface area contributed by atoms with E-state index in [1.807, 2.05) is 0 Å². The van der Waals surface area contributed by atoms with E-state index in [9.17, 15) is 27.9 Å². The summed E-state index contributed by atoms with van der Waals surface area (Å²) in [4.78, 5) is 25.5. The zero-order valence-corrected chi connectivity index (χ0v) is 14.8. The molecule has 1 N–H and O–H groups in total. The van der Waals surface area contributed by atoms with Gasteiger partial charge in [-0.2, -0.15) is 13.2 Å². The number of aliphatic carboxylic acids is 1. The molecular weight excluding hydrogens is 375 g/mol. The predicted octanol–water partition coefficient (Wildman–Crippen LogP) is 3.68. The molecule has 8 heteroatoms. The summed E-state index contributed by atoms with van der Waals surface area (Å²) in [6.45, 7) is -0.309. The molecule has 1 unspecified atom stereocenters. The van der Waals surface area contributed by atoms with Crippen LogP contribution in [-0.2, 0) is 22.3 Å². The molecule has 2 aromatic rings. The number of fused-ring (bicyclic) bond motifs is 1. The molecule has 0 spiro atoms. The number of carboxylic acids is 1. The first-order valence-electron chi connectivity index (χ1n) is 8.64. The van der Waals surface area contributed by atoms with Crippen LogP contribution in [0.2, 0.25) is 0 Å². The molecule has 28 heavy (non-hydrogen) atoms. The van der Waals surface area contributed by atoms with Gasteiger partial charge in [-0.3, -0.25) is 9.59 Å². The van der Waals surface area contributed by atoms with Gasteiger partial charge in [0, 0.05) is 12.1 Å². The minimum Gasteiger partial charge on any atom is -0.493 e.